The van der Waals surface area contributed by atoms with Crippen molar-refractivity contribution in [3.63, 3.8) is 0 Å². The van der Waals surface area contributed by atoms with Gasteiger partial charge in [0.25, 0.3) is 0 Å². The Bertz CT molecular complexity index is 1800. The second kappa shape index (κ2) is 26.5. The van der Waals surface area contributed by atoms with E-state index in [1.165, 1.54) is 52.5 Å². The van der Waals surface area contributed by atoms with Crippen LogP contribution in [0.25, 0.3) is 10.8 Å². The van der Waals surface area contributed by atoms with Crippen molar-refractivity contribution in [2.24, 2.45) is 0 Å². The Kier molecular flexibility index (Phi) is 22.6. The molecule has 0 fully saturated rings. The smallest absolute Gasteiger partial charge is 0.311 e. The van der Waals surface area contributed by atoms with Crippen LogP contribution < -0.4 is 4.74 Å². The van der Waals surface area contributed by atoms with Crippen molar-refractivity contribution in [2.45, 2.75) is 159 Å². The van der Waals surface area contributed by atoms with Crippen molar-refractivity contribution in [2.75, 3.05) is 7.11 Å². The molecule has 0 aliphatic heterocycles. The highest BCUT2D eigenvalue weighted by Gasteiger charge is 2.20. The summed E-state index contributed by atoms with van der Waals surface area (Å²) in [4.78, 5) is 24.3. The molecule has 0 heterocycles. The van der Waals surface area contributed by atoms with Gasteiger partial charge in [0, 0.05) is 16.3 Å². The summed E-state index contributed by atoms with van der Waals surface area (Å²) >= 11 is 0. The molecular weight excluding hydrogens is 693 g/mol. The molecule has 0 saturated heterocycles. The van der Waals surface area contributed by atoms with Crippen LogP contribution in [0.15, 0.2) is 106 Å². The first-order valence-electron chi connectivity index (χ1n) is 20.8. The van der Waals surface area contributed by atoms with E-state index in [-0.39, 0.29) is 18.6 Å². The highest BCUT2D eigenvalue weighted by Crippen LogP contribution is 2.40. The number of methoxy groups -OCH3 is 1. The fraction of sp³-hybridized carbons (Fsp3) is 0.490. The predicted octanol–water partition coefficient (Wildman–Crippen LogP) is 14.6. The second-order valence-corrected chi connectivity index (χ2v) is 15.9. The fourth-order valence-electron chi connectivity index (χ4n) is 6.61. The lowest BCUT2D eigenvalue weighted by molar-refractivity contribution is -0.144. The Morgan fingerprint density at radius 1 is 0.536 bits per heavy atom. The molecule has 5 nitrogen and oxygen atoms in total. The summed E-state index contributed by atoms with van der Waals surface area (Å²) in [7, 11) is 1.30. The van der Waals surface area contributed by atoms with Crippen LogP contribution in [-0.2, 0) is 20.7 Å². The van der Waals surface area contributed by atoms with Crippen molar-refractivity contribution in [3.05, 3.63) is 117 Å². The number of esters is 2. The number of rotatable bonds is 24. The standard InChI is InChI=1S/C51H72O5/c1-37(2)19-13-20-38(3)21-14-22-39(4)23-15-24-40(5)25-16-26-41(6)27-17-28-42(7)29-18-30-43(8)33-34-45-44(9)50(54)46-31-11-12-32-47(46)51(45)56-49(53)36-35-48(52)55-10/h11-12,19,21,23,25,27,29,31-33,54H,13-18,20,22,24,26,28,30,34-36H2,1-10H3/b38-21+,39-23+,40-25+,41-27+,42-29+,43-33+. The molecular formula is C51H72O5. The number of hydrogen-bond donors (Lipinski definition) is 1. The molecule has 0 unspecified atom stereocenters. The third kappa shape index (κ3) is 19.0. The number of fused-ring (bicyclic) bond motifs is 1. The van der Waals surface area contributed by atoms with Gasteiger partial charge in [0.2, 0.25) is 0 Å². The predicted molar refractivity (Wildman–Crippen MR) is 238 cm³/mol. The molecule has 2 rings (SSSR count). The van der Waals surface area contributed by atoms with Crippen LogP contribution in [-0.4, -0.2) is 24.2 Å². The Morgan fingerprint density at radius 2 is 0.911 bits per heavy atom. The normalized spacial score (nSPS) is 13.3. The van der Waals surface area contributed by atoms with E-state index in [1.807, 2.05) is 31.2 Å². The molecule has 0 spiro atoms. The molecule has 2 aromatic carbocycles. The maximum Gasteiger partial charge on any atom is 0.311 e. The Labute approximate surface area is 340 Å². The van der Waals surface area contributed by atoms with Crippen LogP contribution in [0.2, 0.25) is 0 Å². The van der Waals surface area contributed by atoms with Gasteiger partial charge in [0.1, 0.15) is 11.5 Å². The van der Waals surface area contributed by atoms with E-state index in [9.17, 15) is 14.7 Å². The summed E-state index contributed by atoms with van der Waals surface area (Å²) in [6, 6.07) is 7.36. The first-order chi connectivity index (χ1) is 26.7. The van der Waals surface area contributed by atoms with Crippen LogP contribution in [0, 0.1) is 6.92 Å². The summed E-state index contributed by atoms with van der Waals surface area (Å²) in [5.41, 5.74) is 11.5. The van der Waals surface area contributed by atoms with Gasteiger partial charge in [-0.1, -0.05) is 106 Å². The van der Waals surface area contributed by atoms with Crippen LogP contribution in [0.1, 0.15) is 156 Å². The maximum absolute atomic E-state index is 12.7. The summed E-state index contributed by atoms with van der Waals surface area (Å²) in [6.07, 6.45) is 30.0. The summed E-state index contributed by atoms with van der Waals surface area (Å²) in [6.45, 7) is 19.6. The first kappa shape index (κ1) is 47.8. The van der Waals surface area contributed by atoms with Gasteiger partial charge < -0.3 is 14.6 Å². The maximum atomic E-state index is 12.7. The molecule has 0 amide bonds. The highest BCUT2D eigenvalue weighted by atomic mass is 16.5. The summed E-state index contributed by atoms with van der Waals surface area (Å²) in [5, 5.41) is 12.3. The molecule has 0 saturated carbocycles. The summed E-state index contributed by atoms with van der Waals surface area (Å²) < 4.78 is 10.5. The van der Waals surface area contributed by atoms with Gasteiger partial charge in [-0.3, -0.25) is 9.59 Å². The zero-order valence-corrected chi connectivity index (χ0v) is 36.5. The second-order valence-electron chi connectivity index (χ2n) is 15.9. The topological polar surface area (TPSA) is 72.8 Å². The number of phenols is 1. The minimum Gasteiger partial charge on any atom is -0.507 e. The average Bonchev–Trinajstić information content (AvgIpc) is 3.15. The molecule has 5 heteroatoms. The van der Waals surface area contributed by atoms with Crippen LogP contribution in [0.3, 0.4) is 0 Å². The molecule has 0 radical (unpaired) electrons. The Hall–Kier alpha value is -4.38. The van der Waals surface area contributed by atoms with Crippen LogP contribution in [0.5, 0.6) is 11.5 Å². The van der Waals surface area contributed by atoms with Crippen LogP contribution in [0.4, 0.5) is 0 Å². The molecule has 1 N–H and O–H groups in total. The van der Waals surface area contributed by atoms with Crippen molar-refractivity contribution in [1.29, 1.82) is 0 Å². The number of ether oxygens (including phenoxy) is 2. The van der Waals surface area contributed by atoms with Crippen molar-refractivity contribution >= 4 is 22.7 Å². The third-order valence-corrected chi connectivity index (χ3v) is 10.4. The molecule has 0 aliphatic rings. The third-order valence-electron chi connectivity index (χ3n) is 10.4. The molecule has 0 atom stereocenters. The average molecular weight is 765 g/mol. The number of allylic oxidation sites excluding steroid dienone is 14. The first-order valence-corrected chi connectivity index (χ1v) is 20.8. The lowest BCUT2D eigenvalue weighted by Gasteiger charge is -2.17. The minimum absolute atomic E-state index is 0.0476. The molecule has 2 aromatic rings. The number of carbonyl (C=O) groups excluding carboxylic acids is 2. The molecule has 0 aromatic heterocycles. The summed E-state index contributed by atoms with van der Waals surface area (Å²) in [5.74, 6) is -0.340. The van der Waals surface area contributed by atoms with Gasteiger partial charge in [-0.2, -0.15) is 0 Å². The monoisotopic (exact) mass is 765 g/mol. The van der Waals surface area contributed by atoms with Crippen LogP contribution >= 0.6 is 0 Å². The molecule has 306 valence electrons. The minimum atomic E-state index is -0.509. The van der Waals surface area contributed by atoms with E-state index in [0.717, 1.165) is 76.2 Å². The van der Waals surface area contributed by atoms with E-state index in [0.29, 0.717) is 28.5 Å². The van der Waals surface area contributed by atoms with Crippen molar-refractivity contribution < 1.29 is 24.2 Å². The van der Waals surface area contributed by atoms with Crippen molar-refractivity contribution in [3.8, 4) is 11.5 Å². The van der Waals surface area contributed by atoms with E-state index < -0.39 is 11.9 Å². The Balaban J connectivity index is 1.81. The SMILES string of the molecule is COC(=O)CCC(=O)Oc1c(C/C=C(\C)CC/C=C(\C)CC/C=C(\C)CC/C=C(\C)CC/C=C(\C)CC/C=C(\C)CCC=C(C)C)c(C)c(O)c2ccccc12. The fourth-order valence-corrected chi connectivity index (χ4v) is 6.61. The highest BCUT2D eigenvalue weighted by molar-refractivity contribution is 5.97. The molecule has 0 bridgehead atoms. The van der Waals surface area contributed by atoms with Gasteiger partial charge in [-0.15, -0.1) is 0 Å². The number of carbonyl (C=O) groups is 2. The number of aromatic hydroxyl groups is 1. The quantitative estimate of drug-likeness (QED) is 0.0655. The molecule has 56 heavy (non-hydrogen) atoms. The largest absolute Gasteiger partial charge is 0.507 e. The van der Waals surface area contributed by atoms with Gasteiger partial charge in [0.15, 0.2) is 0 Å². The van der Waals surface area contributed by atoms with Crippen molar-refractivity contribution in [1.82, 2.24) is 0 Å². The molecule has 0 aliphatic carbocycles. The van der Waals surface area contributed by atoms with E-state index in [2.05, 4.69) is 103 Å². The number of benzene rings is 2. The zero-order valence-electron chi connectivity index (χ0n) is 36.5. The van der Waals surface area contributed by atoms with Gasteiger partial charge in [0.05, 0.1) is 20.0 Å². The van der Waals surface area contributed by atoms with Gasteiger partial charge >= 0.3 is 11.9 Å². The number of phenolic OH excluding ortho intramolecular Hbond substituents is 1. The van der Waals surface area contributed by atoms with E-state index in [1.54, 1.807) is 0 Å². The van der Waals surface area contributed by atoms with Gasteiger partial charge in [-0.25, -0.2) is 0 Å². The lowest BCUT2D eigenvalue weighted by Crippen LogP contribution is -2.13. The number of hydrogen-bond acceptors (Lipinski definition) is 5. The van der Waals surface area contributed by atoms with E-state index in [4.69, 9.17) is 4.74 Å². The van der Waals surface area contributed by atoms with E-state index >= 15 is 0 Å². The zero-order chi connectivity index (χ0) is 41.5. The van der Waals surface area contributed by atoms with Gasteiger partial charge in [-0.05, 0) is 151 Å². The lowest BCUT2D eigenvalue weighted by atomic mass is 9.95. The Morgan fingerprint density at radius 3 is 1.32 bits per heavy atom.